The van der Waals surface area contributed by atoms with Gasteiger partial charge in [0.2, 0.25) is 5.91 Å². The maximum Gasteiger partial charge on any atom is 0.262 e. The van der Waals surface area contributed by atoms with Gasteiger partial charge in [-0.1, -0.05) is 42.8 Å². The van der Waals surface area contributed by atoms with E-state index in [1.165, 1.54) is 0 Å². The molecule has 180 valence electrons. The lowest BCUT2D eigenvalue weighted by Crippen LogP contribution is -2.49. The molecule has 3 heterocycles. The Morgan fingerprint density at radius 3 is 2.56 bits per heavy atom. The van der Waals surface area contributed by atoms with Crippen molar-refractivity contribution in [3.05, 3.63) is 58.3 Å². The average Bonchev–Trinajstić information content (AvgIpc) is 3.52. The molecule has 0 radical (unpaired) electrons. The van der Waals surface area contributed by atoms with Gasteiger partial charge in [0.25, 0.3) is 5.91 Å². The van der Waals surface area contributed by atoms with Crippen molar-refractivity contribution in [3.8, 4) is 0 Å². The fourth-order valence-corrected chi connectivity index (χ4v) is 5.49. The summed E-state index contributed by atoms with van der Waals surface area (Å²) in [7, 11) is 0. The number of hydrogen-bond donors (Lipinski definition) is 0. The van der Waals surface area contributed by atoms with Crippen LogP contribution in [-0.2, 0) is 14.3 Å². The summed E-state index contributed by atoms with van der Waals surface area (Å²) in [4.78, 5) is 32.0. The van der Waals surface area contributed by atoms with E-state index < -0.39 is 0 Å². The summed E-state index contributed by atoms with van der Waals surface area (Å²) in [6.45, 7) is 4.59. The molecule has 1 saturated carbocycles. The Morgan fingerprint density at radius 2 is 1.88 bits per heavy atom. The Labute approximate surface area is 205 Å². The molecule has 1 aliphatic carbocycles. The molecule has 2 fully saturated rings. The van der Waals surface area contributed by atoms with Gasteiger partial charge in [-0.2, -0.15) is 5.10 Å². The number of thiophene rings is 1. The second kappa shape index (κ2) is 10.8. The lowest BCUT2D eigenvalue weighted by atomic mass is 9.84. The van der Waals surface area contributed by atoms with Crippen LogP contribution in [0.4, 0.5) is 0 Å². The quantitative estimate of drug-likeness (QED) is 0.581. The molecule has 2 amide bonds. The van der Waals surface area contributed by atoms with E-state index in [0.717, 1.165) is 68.3 Å². The summed E-state index contributed by atoms with van der Waals surface area (Å²) in [5.41, 5.74) is 2.00. The zero-order valence-electron chi connectivity index (χ0n) is 19.5. The summed E-state index contributed by atoms with van der Waals surface area (Å²) < 4.78 is 5.45. The maximum absolute atomic E-state index is 13.6. The molecule has 8 heteroatoms. The van der Waals surface area contributed by atoms with Crippen LogP contribution in [0.1, 0.15) is 42.2 Å². The minimum atomic E-state index is -0.148. The van der Waals surface area contributed by atoms with Crippen LogP contribution in [0.3, 0.4) is 0 Å². The molecule has 7 nitrogen and oxygen atoms in total. The van der Waals surface area contributed by atoms with Crippen LogP contribution in [-0.4, -0.2) is 78.3 Å². The largest absolute Gasteiger partial charge is 0.379 e. The van der Waals surface area contributed by atoms with Crippen LogP contribution in [0.25, 0.3) is 0 Å². The molecule has 1 aromatic heterocycles. The lowest BCUT2D eigenvalue weighted by Gasteiger charge is -2.34. The molecule has 1 saturated heterocycles. The second-order valence-electron chi connectivity index (χ2n) is 9.23. The van der Waals surface area contributed by atoms with Crippen molar-refractivity contribution in [1.29, 1.82) is 0 Å². The third-order valence-electron chi connectivity index (χ3n) is 7.04. The van der Waals surface area contributed by atoms with Crippen molar-refractivity contribution in [1.82, 2.24) is 14.8 Å². The van der Waals surface area contributed by atoms with Gasteiger partial charge >= 0.3 is 0 Å². The molecule has 1 aromatic carbocycles. The van der Waals surface area contributed by atoms with Crippen molar-refractivity contribution in [2.24, 2.45) is 11.0 Å². The fraction of sp³-hybridized carbons (Fsp3) is 0.500. The van der Waals surface area contributed by atoms with Gasteiger partial charge in [0.15, 0.2) is 0 Å². The van der Waals surface area contributed by atoms with Crippen LogP contribution in [0.5, 0.6) is 0 Å². The third kappa shape index (κ3) is 5.24. The van der Waals surface area contributed by atoms with Crippen molar-refractivity contribution in [3.63, 3.8) is 0 Å². The van der Waals surface area contributed by atoms with E-state index >= 15 is 0 Å². The number of morpholine rings is 1. The first kappa shape index (κ1) is 23.2. The molecule has 2 aromatic rings. The van der Waals surface area contributed by atoms with Crippen LogP contribution < -0.4 is 0 Å². The monoisotopic (exact) mass is 480 g/mol. The Hall–Kier alpha value is -2.55. The van der Waals surface area contributed by atoms with Gasteiger partial charge < -0.3 is 9.64 Å². The zero-order valence-corrected chi connectivity index (χ0v) is 20.3. The van der Waals surface area contributed by atoms with Crippen LogP contribution in [0, 0.1) is 5.92 Å². The number of amides is 2. The van der Waals surface area contributed by atoms with E-state index in [2.05, 4.69) is 4.90 Å². The summed E-state index contributed by atoms with van der Waals surface area (Å²) in [6, 6.07) is 14.0. The number of carbonyl (C=O) groups excluding carboxylic acids is 2. The van der Waals surface area contributed by atoms with Gasteiger partial charge in [-0.3, -0.25) is 14.5 Å². The van der Waals surface area contributed by atoms with Crippen LogP contribution in [0.2, 0.25) is 0 Å². The average molecular weight is 481 g/mol. The molecule has 2 aliphatic heterocycles. The minimum Gasteiger partial charge on any atom is -0.379 e. The van der Waals surface area contributed by atoms with Crippen molar-refractivity contribution < 1.29 is 14.3 Å². The Bertz CT molecular complexity index is 1000. The lowest BCUT2D eigenvalue weighted by molar-refractivity contribution is -0.145. The van der Waals surface area contributed by atoms with Crippen molar-refractivity contribution in [2.75, 3.05) is 45.9 Å². The maximum atomic E-state index is 13.6. The molecule has 0 bridgehead atoms. The van der Waals surface area contributed by atoms with Crippen molar-refractivity contribution >= 4 is 28.9 Å². The molecule has 0 unspecified atom stereocenters. The Morgan fingerprint density at radius 1 is 1.09 bits per heavy atom. The first-order valence-electron chi connectivity index (χ1n) is 12.3. The minimum absolute atomic E-state index is 0.0613. The number of carbonyl (C=O) groups is 2. The number of hydrogen-bond acceptors (Lipinski definition) is 6. The van der Waals surface area contributed by atoms with Gasteiger partial charge in [-0.25, -0.2) is 5.01 Å². The van der Waals surface area contributed by atoms with E-state index in [1.54, 1.807) is 21.2 Å². The number of benzene rings is 1. The number of nitrogens with zero attached hydrogens (tertiary/aromatic N) is 4. The number of ether oxygens (including phenoxy) is 1. The molecular formula is C26H32N4O3S. The van der Waals surface area contributed by atoms with Crippen molar-refractivity contribution in [2.45, 2.75) is 31.7 Å². The van der Waals surface area contributed by atoms with Gasteiger partial charge in [0.1, 0.15) is 6.54 Å². The first-order valence-corrected chi connectivity index (χ1v) is 13.1. The highest BCUT2D eigenvalue weighted by molar-refractivity contribution is 7.12. The normalized spacial score (nSPS) is 21.2. The zero-order chi connectivity index (χ0) is 23.3. The molecule has 0 spiro atoms. The fourth-order valence-electron chi connectivity index (χ4n) is 4.77. The molecule has 1 atom stereocenters. The highest BCUT2D eigenvalue weighted by atomic mass is 32.1. The molecule has 3 aliphatic rings. The SMILES string of the molecule is O=C(C1CCC1)N(CCN1CCOCC1)CC(=O)N1N=C(c2cccs2)C[C@H]1c1ccccc1. The summed E-state index contributed by atoms with van der Waals surface area (Å²) in [5, 5.41) is 8.43. The molecule has 0 N–H and O–H groups in total. The van der Waals surface area contributed by atoms with E-state index in [9.17, 15) is 9.59 Å². The van der Waals surface area contributed by atoms with Gasteiger partial charge in [0.05, 0.1) is 29.8 Å². The van der Waals surface area contributed by atoms with Gasteiger partial charge in [-0.15, -0.1) is 11.3 Å². The second-order valence-corrected chi connectivity index (χ2v) is 10.2. The first-order chi connectivity index (χ1) is 16.7. The van der Waals surface area contributed by atoms with E-state index in [1.807, 2.05) is 47.8 Å². The highest BCUT2D eigenvalue weighted by Gasteiger charge is 2.36. The number of rotatable bonds is 8. The van der Waals surface area contributed by atoms with E-state index in [4.69, 9.17) is 9.84 Å². The van der Waals surface area contributed by atoms with Gasteiger partial charge in [0, 0.05) is 38.5 Å². The summed E-state index contributed by atoms with van der Waals surface area (Å²) in [6.07, 6.45) is 3.63. The van der Waals surface area contributed by atoms with Crippen LogP contribution >= 0.6 is 11.3 Å². The molecule has 5 rings (SSSR count). The van der Waals surface area contributed by atoms with Gasteiger partial charge in [-0.05, 0) is 29.9 Å². The summed E-state index contributed by atoms with van der Waals surface area (Å²) in [5.74, 6) is 0.0620. The molecule has 34 heavy (non-hydrogen) atoms. The standard InChI is InChI=1S/C26H32N4O3S/c31-25(19-29(26(32)21-8-4-9-21)12-11-28-13-15-33-16-14-28)30-23(20-6-2-1-3-7-20)18-22(27-30)24-10-5-17-34-24/h1-3,5-7,10,17,21,23H,4,8-9,11-16,18-19H2/t23-/m0/s1. The Balaban J connectivity index is 1.33. The Kier molecular flexibility index (Phi) is 7.37. The topological polar surface area (TPSA) is 65.5 Å². The molecular weight excluding hydrogens is 448 g/mol. The smallest absolute Gasteiger partial charge is 0.262 e. The third-order valence-corrected chi connectivity index (χ3v) is 7.96. The predicted octanol–water partition coefficient (Wildman–Crippen LogP) is 3.39. The van der Waals surface area contributed by atoms with Crippen LogP contribution in [0.15, 0.2) is 52.9 Å². The predicted molar refractivity (Wildman–Crippen MR) is 133 cm³/mol. The van der Waals surface area contributed by atoms with E-state index in [0.29, 0.717) is 13.0 Å². The highest BCUT2D eigenvalue weighted by Crippen LogP contribution is 2.34. The number of hydrazone groups is 1. The van der Waals surface area contributed by atoms with E-state index in [-0.39, 0.29) is 30.3 Å². The summed E-state index contributed by atoms with van der Waals surface area (Å²) >= 11 is 1.64.